The van der Waals surface area contributed by atoms with Gasteiger partial charge in [-0.3, -0.25) is 0 Å². The SMILES string of the molecule is CCN(c1cc(CNC)c(Cl)cn1)C1CC1. The van der Waals surface area contributed by atoms with E-state index in [9.17, 15) is 0 Å². The van der Waals surface area contributed by atoms with Gasteiger partial charge in [-0.2, -0.15) is 0 Å². The topological polar surface area (TPSA) is 28.2 Å². The second-order valence-electron chi connectivity index (χ2n) is 4.18. The molecule has 3 nitrogen and oxygen atoms in total. The fourth-order valence-corrected chi connectivity index (χ4v) is 2.11. The van der Waals surface area contributed by atoms with E-state index in [0.29, 0.717) is 6.04 Å². The van der Waals surface area contributed by atoms with Crippen molar-refractivity contribution >= 4 is 17.4 Å². The van der Waals surface area contributed by atoms with Crippen molar-refractivity contribution < 1.29 is 0 Å². The summed E-state index contributed by atoms with van der Waals surface area (Å²) in [6.45, 7) is 3.97. The normalized spacial score (nSPS) is 15.2. The van der Waals surface area contributed by atoms with Crippen LogP contribution in [0.3, 0.4) is 0 Å². The van der Waals surface area contributed by atoms with Crippen LogP contribution in [-0.2, 0) is 6.54 Å². The maximum Gasteiger partial charge on any atom is 0.129 e. The van der Waals surface area contributed by atoms with Gasteiger partial charge in [0.1, 0.15) is 5.82 Å². The highest BCUT2D eigenvalue weighted by molar-refractivity contribution is 6.31. The molecule has 0 bridgehead atoms. The molecule has 88 valence electrons. The average Bonchev–Trinajstić information content (AvgIpc) is 3.08. The van der Waals surface area contributed by atoms with Gasteiger partial charge in [0, 0.05) is 25.3 Å². The van der Waals surface area contributed by atoms with Gasteiger partial charge in [0.15, 0.2) is 0 Å². The van der Waals surface area contributed by atoms with Gasteiger partial charge in [-0.25, -0.2) is 4.98 Å². The number of halogens is 1. The summed E-state index contributed by atoms with van der Waals surface area (Å²) >= 11 is 6.10. The molecule has 1 saturated carbocycles. The number of hydrogen-bond acceptors (Lipinski definition) is 3. The van der Waals surface area contributed by atoms with E-state index in [-0.39, 0.29) is 0 Å². The van der Waals surface area contributed by atoms with Crippen molar-refractivity contribution in [2.75, 3.05) is 18.5 Å². The molecule has 0 radical (unpaired) electrons. The number of pyridine rings is 1. The number of anilines is 1. The minimum atomic E-state index is 0.695. The van der Waals surface area contributed by atoms with Crippen LogP contribution in [0, 0.1) is 0 Å². The Hall–Kier alpha value is -0.800. The highest BCUT2D eigenvalue weighted by Crippen LogP contribution is 2.31. The van der Waals surface area contributed by atoms with Crippen LogP contribution in [0.1, 0.15) is 25.3 Å². The van der Waals surface area contributed by atoms with Crippen molar-refractivity contribution in [1.82, 2.24) is 10.3 Å². The van der Waals surface area contributed by atoms with E-state index in [1.165, 1.54) is 12.8 Å². The van der Waals surface area contributed by atoms with Gasteiger partial charge in [-0.05, 0) is 38.4 Å². The molecule has 1 aromatic rings. The monoisotopic (exact) mass is 239 g/mol. The van der Waals surface area contributed by atoms with Gasteiger partial charge < -0.3 is 10.2 Å². The number of nitrogens with zero attached hydrogens (tertiary/aromatic N) is 2. The van der Waals surface area contributed by atoms with Gasteiger partial charge in [0.2, 0.25) is 0 Å². The van der Waals surface area contributed by atoms with Crippen LogP contribution in [0.2, 0.25) is 5.02 Å². The molecule has 4 heteroatoms. The third kappa shape index (κ3) is 2.47. The van der Waals surface area contributed by atoms with Crippen LogP contribution in [-0.4, -0.2) is 24.6 Å². The Balaban J connectivity index is 2.22. The standard InChI is InChI=1S/C12H18ClN3/c1-3-16(10-4-5-10)12-6-9(7-14-2)11(13)8-15-12/h6,8,10,14H,3-5,7H2,1-2H3. The summed E-state index contributed by atoms with van der Waals surface area (Å²) < 4.78 is 0. The first kappa shape index (κ1) is 11.7. The molecule has 1 N–H and O–H groups in total. The van der Waals surface area contributed by atoms with E-state index >= 15 is 0 Å². The molecule has 1 aliphatic rings. The fraction of sp³-hybridized carbons (Fsp3) is 0.583. The Morgan fingerprint density at radius 3 is 2.88 bits per heavy atom. The second kappa shape index (κ2) is 5.02. The lowest BCUT2D eigenvalue weighted by molar-refractivity contribution is 0.791. The van der Waals surface area contributed by atoms with Gasteiger partial charge in [-0.1, -0.05) is 11.6 Å². The predicted octanol–water partition coefficient (Wildman–Crippen LogP) is 2.44. The molecule has 2 rings (SSSR count). The van der Waals surface area contributed by atoms with Crippen LogP contribution in [0.15, 0.2) is 12.3 Å². The summed E-state index contributed by atoms with van der Waals surface area (Å²) in [7, 11) is 1.93. The fourth-order valence-electron chi connectivity index (χ4n) is 1.94. The third-order valence-corrected chi connectivity index (χ3v) is 3.25. The smallest absolute Gasteiger partial charge is 0.129 e. The molecular formula is C12H18ClN3. The van der Waals surface area contributed by atoms with Gasteiger partial charge in [0.05, 0.1) is 5.02 Å². The molecule has 1 fully saturated rings. The van der Waals surface area contributed by atoms with Crippen molar-refractivity contribution in [3.8, 4) is 0 Å². The molecule has 1 heterocycles. The molecule has 0 atom stereocenters. The number of hydrogen-bond donors (Lipinski definition) is 1. The lowest BCUT2D eigenvalue weighted by Crippen LogP contribution is -2.26. The van der Waals surface area contributed by atoms with Crippen LogP contribution in [0.5, 0.6) is 0 Å². The van der Waals surface area contributed by atoms with Gasteiger partial charge in [0.25, 0.3) is 0 Å². The molecule has 16 heavy (non-hydrogen) atoms. The summed E-state index contributed by atoms with van der Waals surface area (Å²) in [5, 5.41) is 3.86. The zero-order chi connectivity index (χ0) is 11.5. The lowest BCUT2D eigenvalue weighted by atomic mass is 10.2. The van der Waals surface area contributed by atoms with Crippen molar-refractivity contribution in [2.24, 2.45) is 0 Å². The van der Waals surface area contributed by atoms with Crippen LogP contribution in [0.25, 0.3) is 0 Å². The van der Waals surface area contributed by atoms with Crippen molar-refractivity contribution in [3.05, 3.63) is 22.8 Å². The molecular weight excluding hydrogens is 222 g/mol. The molecule has 1 aliphatic carbocycles. The maximum absolute atomic E-state index is 6.10. The average molecular weight is 240 g/mol. The Bertz CT molecular complexity index is 363. The van der Waals surface area contributed by atoms with E-state index in [1.54, 1.807) is 6.20 Å². The Morgan fingerprint density at radius 2 is 2.31 bits per heavy atom. The van der Waals surface area contributed by atoms with Crippen LogP contribution in [0.4, 0.5) is 5.82 Å². The minimum Gasteiger partial charge on any atom is -0.354 e. The first-order valence-corrected chi connectivity index (χ1v) is 6.19. The molecule has 0 unspecified atom stereocenters. The van der Waals surface area contributed by atoms with E-state index in [4.69, 9.17) is 11.6 Å². The van der Waals surface area contributed by atoms with Crippen LogP contribution < -0.4 is 10.2 Å². The summed E-state index contributed by atoms with van der Waals surface area (Å²) in [5.74, 6) is 1.06. The summed E-state index contributed by atoms with van der Waals surface area (Å²) in [4.78, 5) is 6.78. The molecule has 0 aliphatic heterocycles. The van der Waals surface area contributed by atoms with Gasteiger partial charge in [-0.15, -0.1) is 0 Å². The van der Waals surface area contributed by atoms with E-state index in [1.807, 2.05) is 7.05 Å². The Morgan fingerprint density at radius 1 is 1.56 bits per heavy atom. The first-order valence-electron chi connectivity index (χ1n) is 5.82. The molecule has 0 saturated heterocycles. The second-order valence-corrected chi connectivity index (χ2v) is 4.59. The lowest BCUT2D eigenvalue weighted by Gasteiger charge is -2.22. The van der Waals surface area contributed by atoms with Crippen LogP contribution >= 0.6 is 11.6 Å². The van der Waals surface area contributed by atoms with E-state index in [2.05, 4.69) is 28.2 Å². The van der Waals surface area contributed by atoms with E-state index in [0.717, 1.165) is 29.5 Å². The molecule has 1 aromatic heterocycles. The third-order valence-electron chi connectivity index (χ3n) is 2.91. The van der Waals surface area contributed by atoms with E-state index < -0.39 is 0 Å². The summed E-state index contributed by atoms with van der Waals surface area (Å²) in [6.07, 6.45) is 4.34. The zero-order valence-electron chi connectivity index (χ0n) is 9.83. The van der Waals surface area contributed by atoms with Gasteiger partial charge >= 0.3 is 0 Å². The minimum absolute atomic E-state index is 0.695. The highest BCUT2D eigenvalue weighted by Gasteiger charge is 2.28. The van der Waals surface area contributed by atoms with Crippen molar-refractivity contribution in [3.63, 3.8) is 0 Å². The predicted molar refractivity (Wildman–Crippen MR) is 68.1 cm³/mol. The zero-order valence-corrected chi connectivity index (χ0v) is 10.6. The number of aromatic nitrogens is 1. The molecule has 0 spiro atoms. The molecule has 0 amide bonds. The van der Waals surface area contributed by atoms with Crippen molar-refractivity contribution in [2.45, 2.75) is 32.4 Å². The first-order chi connectivity index (χ1) is 7.76. The maximum atomic E-state index is 6.10. The summed E-state index contributed by atoms with van der Waals surface area (Å²) in [6, 6.07) is 2.79. The van der Waals surface area contributed by atoms with Crippen molar-refractivity contribution in [1.29, 1.82) is 0 Å². The Kier molecular flexibility index (Phi) is 3.66. The Labute approximate surface area is 102 Å². The quantitative estimate of drug-likeness (QED) is 0.856. The number of rotatable bonds is 5. The highest BCUT2D eigenvalue weighted by atomic mass is 35.5. The molecule has 0 aromatic carbocycles. The largest absolute Gasteiger partial charge is 0.354 e. The number of nitrogens with one attached hydrogen (secondary N) is 1. The summed E-state index contributed by atoms with van der Waals surface area (Å²) in [5.41, 5.74) is 1.12.